The minimum Gasteiger partial charge on any atom is -0.300 e. The van der Waals surface area contributed by atoms with Crippen molar-refractivity contribution >= 4 is 15.6 Å². The third kappa shape index (κ3) is 3870. The van der Waals surface area contributed by atoms with E-state index >= 15 is 0 Å². The van der Waals surface area contributed by atoms with Gasteiger partial charge in [-0.15, -0.1) is 0 Å². The van der Waals surface area contributed by atoms with Crippen molar-refractivity contribution in [2.75, 3.05) is 12.5 Å². The highest BCUT2D eigenvalue weighted by molar-refractivity contribution is 7.89. The second-order valence-corrected chi connectivity index (χ2v) is 4.34. The van der Waals surface area contributed by atoms with E-state index in [0.717, 1.165) is 12.5 Å². The first-order chi connectivity index (χ1) is 3.73. The molecule has 0 spiro atoms. The normalized spacial score (nSPS) is 7.64. The molecule has 0 heterocycles. The number of hydrogen-bond acceptors (Lipinski definition) is 3. The average Bonchev–Trinajstić information content (AvgIpc) is 1.19. The molecule has 72 valence electrons. The lowest BCUT2D eigenvalue weighted by Gasteiger charge is -1.69. The lowest BCUT2D eigenvalue weighted by molar-refractivity contribution is -0.114. The SMILES string of the molecule is C.C.CC(C)=O.CS(C)(=O)=O. The summed E-state index contributed by atoms with van der Waals surface area (Å²) < 4.78 is 19.3. The van der Waals surface area contributed by atoms with Crippen molar-refractivity contribution in [3.05, 3.63) is 0 Å². The molecular weight excluding hydrogens is 164 g/mol. The fourth-order valence-corrected chi connectivity index (χ4v) is 0. The first-order valence-corrected chi connectivity index (χ1v) is 4.65. The molecule has 0 aromatic carbocycles. The first kappa shape index (κ1) is 22.4. The largest absolute Gasteiger partial charge is 0.300 e. The van der Waals surface area contributed by atoms with E-state index < -0.39 is 9.84 Å². The standard InChI is InChI=1S/C3H6O.C2H6O2S.2CH4/c1-3(2)4;1-5(2,3)4;;/h1-2H3;1-2H3;2*1H4. The molecule has 0 aromatic rings. The number of sulfone groups is 1. The van der Waals surface area contributed by atoms with E-state index in [1.807, 2.05) is 0 Å². The summed E-state index contributed by atoms with van der Waals surface area (Å²) in [7, 11) is -2.67. The molecule has 0 bridgehead atoms. The fraction of sp³-hybridized carbons (Fsp3) is 0.857. The van der Waals surface area contributed by atoms with Crippen LogP contribution in [0.15, 0.2) is 0 Å². The zero-order valence-corrected chi connectivity index (χ0v) is 6.95. The summed E-state index contributed by atoms with van der Waals surface area (Å²) in [4.78, 5) is 9.44. The van der Waals surface area contributed by atoms with Gasteiger partial charge in [-0.1, -0.05) is 14.9 Å². The highest BCUT2D eigenvalue weighted by Gasteiger charge is 1.79. The number of carbonyl (C=O) groups excluding carboxylic acids is 1. The molecular formula is C7H20O3S. The van der Waals surface area contributed by atoms with E-state index in [4.69, 9.17) is 0 Å². The molecule has 0 rings (SSSR count). The van der Waals surface area contributed by atoms with Gasteiger partial charge in [0.05, 0.1) is 0 Å². The van der Waals surface area contributed by atoms with Crippen LogP contribution in [0.5, 0.6) is 0 Å². The summed E-state index contributed by atoms with van der Waals surface area (Å²) in [5, 5.41) is 0. The van der Waals surface area contributed by atoms with Gasteiger partial charge < -0.3 is 4.79 Å². The van der Waals surface area contributed by atoms with Crippen LogP contribution in [0.4, 0.5) is 0 Å². The van der Waals surface area contributed by atoms with Crippen LogP contribution in [-0.2, 0) is 14.6 Å². The van der Waals surface area contributed by atoms with Crippen LogP contribution in [-0.4, -0.2) is 26.7 Å². The predicted octanol–water partition coefficient (Wildman–Crippen LogP) is 1.53. The van der Waals surface area contributed by atoms with Gasteiger partial charge in [-0.05, 0) is 13.8 Å². The third-order valence-corrected chi connectivity index (χ3v) is 0. The van der Waals surface area contributed by atoms with Crippen molar-refractivity contribution in [3.63, 3.8) is 0 Å². The van der Waals surface area contributed by atoms with Gasteiger partial charge in [0.2, 0.25) is 0 Å². The van der Waals surface area contributed by atoms with Gasteiger partial charge in [0.15, 0.2) is 0 Å². The number of hydrogen-bond donors (Lipinski definition) is 0. The molecule has 0 saturated heterocycles. The number of Topliss-reactive ketones (excluding diaryl/α,β-unsaturated/α-hetero) is 1. The van der Waals surface area contributed by atoms with Crippen LogP contribution in [0.1, 0.15) is 28.7 Å². The van der Waals surface area contributed by atoms with E-state index in [-0.39, 0.29) is 20.6 Å². The van der Waals surface area contributed by atoms with Crippen LogP contribution in [0.3, 0.4) is 0 Å². The summed E-state index contributed by atoms with van der Waals surface area (Å²) in [5.41, 5.74) is 0. The average molecular weight is 184 g/mol. The van der Waals surface area contributed by atoms with Gasteiger partial charge >= 0.3 is 0 Å². The second kappa shape index (κ2) is 9.62. The summed E-state index contributed by atoms with van der Waals surface area (Å²) in [6.45, 7) is 3.06. The third-order valence-electron chi connectivity index (χ3n) is 0. The molecule has 0 fully saturated rings. The van der Waals surface area contributed by atoms with Crippen LogP contribution in [0.25, 0.3) is 0 Å². The molecule has 0 atom stereocenters. The van der Waals surface area contributed by atoms with Gasteiger partial charge in [-0.2, -0.15) is 0 Å². The van der Waals surface area contributed by atoms with Crippen molar-refractivity contribution in [2.24, 2.45) is 0 Å². The predicted molar refractivity (Wildman–Crippen MR) is 50.6 cm³/mol. The van der Waals surface area contributed by atoms with Crippen molar-refractivity contribution in [1.82, 2.24) is 0 Å². The Kier molecular flexibility index (Phi) is 19.6. The quantitative estimate of drug-likeness (QED) is 0.573. The molecule has 4 heteroatoms. The molecule has 0 aliphatic carbocycles. The molecule has 0 unspecified atom stereocenters. The minimum atomic E-state index is -2.67. The summed E-state index contributed by atoms with van der Waals surface area (Å²) in [6, 6.07) is 0. The second-order valence-electron chi connectivity index (χ2n) is 2.05. The number of ketones is 1. The molecule has 0 N–H and O–H groups in total. The van der Waals surface area contributed by atoms with Gasteiger partial charge in [0, 0.05) is 12.5 Å². The Balaban J connectivity index is -0.0000000383. The molecule has 0 aromatic heterocycles. The molecule has 0 aliphatic rings. The number of carbonyl (C=O) groups is 1. The smallest absolute Gasteiger partial charge is 0.144 e. The maximum Gasteiger partial charge on any atom is 0.144 e. The Morgan fingerprint density at radius 3 is 1.00 bits per heavy atom. The maximum atomic E-state index is 9.63. The van der Waals surface area contributed by atoms with Crippen LogP contribution in [0, 0.1) is 0 Å². The van der Waals surface area contributed by atoms with E-state index in [9.17, 15) is 13.2 Å². The molecule has 0 radical (unpaired) electrons. The van der Waals surface area contributed by atoms with Crippen molar-refractivity contribution in [1.29, 1.82) is 0 Å². The zero-order chi connectivity index (χ0) is 8.08. The lowest BCUT2D eigenvalue weighted by atomic mass is 10.6. The summed E-state index contributed by atoms with van der Waals surface area (Å²) in [5.74, 6) is 0.167. The maximum absolute atomic E-state index is 9.63. The van der Waals surface area contributed by atoms with Gasteiger partial charge in [0.25, 0.3) is 0 Å². The van der Waals surface area contributed by atoms with Crippen LogP contribution in [0.2, 0.25) is 0 Å². The van der Waals surface area contributed by atoms with Crippen molar-refractivity contribution in [3.8, 4) is 0 Å². The topological polar surface area (TPSA) is 51.2 Å². The molecule has 0 saturated carbocycles. The Morgan fingerprint density at radius 1 is 1.00 bits per heavy atom. The highest BCUT2D eigenvalue weighted by atomic mass is 32.2. The Labute approximate surface area is 70.7 Å². The Hall–Kier alpha value is -0.380. The highest BCUT2D eigenvalue weighted by Crippen LogP contribution is 1.61. The lowest BCUT2D eigenvalue weighted by Crippen LogP contribution is -1.86. The zero-order valence-electron chi connectivity index (χ0n) is 6.13. The Bertz CT molecular complexity index is 156. The molecule has 11 heavy (non-hydrogen) atoms. The van der Waals surface area contributed by atoms with Gasteiger partial charge in [-0.3, -0.25) is 0 Å². The van der Waals surface area contributed by atoms with Gasteiger partial charge in [0.1, 0.15) is 15.6 Å². The molecule has 3 nitrogen and oxygen atoms in total. The first-order valence-electron chi connectivity index (χ1n) is 2.35. The van der Waals surface area contributed by atoms with E-state index in [1.54, 1.807) is 0 Å². The van der Waals surface area contributed by atoms with E-state index in [0.29, 0.717) is 0 Å². The molecule has 0 amide bonds. The molecule has 0 aliphatic heterocycles. The van der Waals surface area contributed by atoms with Crippen molar-refractivity contribution in [2.45, 2.75) is 28.7 Å². The Morgan fingerprint density at radius 2 is 1.00 bits per heavy atom. The van der Waals surface area contributed by atoms with Crippen LogP contribution >= 0.6 is 0 Å². The summed E-state index contributed by atoms with van der Waals surface area (Å²) >= 11 is 0. The van der Waals surface area contributed by atoms with Crippen molar-refractivity contribution < 1.29 is 13.2 Å². The van der Waals surface area contributed by atoms with Gasteiger partial charge in [-0.25, -0.2) is 8.42 Å². The van der Waals surface area contributed by atoms with Crippen LogP contribution < -0.4 is 0 Å². The van der Waals surface area contributed by atoms with E-state index in [2.05, 4.69) is 0 Å². The summed E-state index contributed by atoms with van der Waals surface area (Å²) in [6.07, 6.45) is 2.32. The monoisotopic (exact) mass is 184 g/mol. The van der Waals surface area contributed by atoms with E-state index in [1.165, 1.54) is 13.8 Å². The fourth-order valence-electron chi connectivity index (χ4n) is 0. The number of rotatable bonds is 0. The minimum absolute atomic E-state index is 0.